The first-order valence-electron chi connectivity index (χ1n) is 5.78. The fraction of sp³-hybridized carbons (Fsp3) is 0.750. The summed E-state index contributed by atoms with van der Waals surface area (Å²) < 4.78 is 0. The molecule has 0 bridgehead atoms. The highest BCUT2D eigenvalue weighted by Gasteiger charge is 2.27. The second kappa shape index (κ2) is 5.91. The molecule has 3 heteroatoms. The summed E-state index contributed by atoms with van der Waals surface area (Å²) in [5, 5.41) is 2.92. The van der Waals surface area contributed by atoms with Gasteiger partial charge in [-0.2, -0.15) is 0 Å². The molecule has 0 aromatic heterocycles. The first-order valence-corrected chi connectivity index (χ1v) is 5.78. The minimum absolute atomic E-state index is 0.0318. The van der Waals surface area contributed by atoms with Gasteiger partial charge in [-0.3, -0.25) is 4.79 Å². The SMILES string of the molecule is CC(C)=CCNC(=O)C1CCCCC1N. The summed E-state index contributed by atoms with van der Waals surface area (Å²) in [6.45, 7) is 4.68. The van der Waals surface area contributed by atoms with E-state index in [-0.39, 0.29) is 17.9 Å². The second-order valence-corrected chi connectivity index (χ2v) is 4.58. The van der Waals surface area contributed by atoms with Crippen LogP contribution in [0.25, 0.3) is 0 Å². The number of rotatable bonds is 3. The standard InChI is InChI=1S/C12H22N2O/c1-9(2)7-8-14-12(15)10-5-3-4-6-11(10)13/h7,10-11H,3-6,8,13H2,1-2H3,(H,14,15). The Morgan fingerprint density at radius 2 is 2.07 bits per heavy atom. The highest BCUT2D eigenvalue weighted by atomic mass is 16.1. The van der Waals surface area contributed by atoms with Gasteiger partial charge in [-0.05, 0) is 26.7 Å². The zero-order valence-electron chi connectivity index (χ0n) is 9.75. The predicted molar refractivity (Wildman–Crippen MR) is 62.4 cm³/mol. The fourth-order valence-corrected chi connectivity index (χ4v) is 1.97. The normalized spacial score (nSPS) is 25.8. The largest absolute Gasteiger partial charge is 0.352 e. The van der Waals surface area contributed by atoms with Gasteiger partial charge in [-0.1, -0.05) is 24.5 Å². The van der Waals surface area contributed by atoms with Gasteiger partial charge in [-0.25, -0.2) is 0 Å². The van der Waals surface area contributed by atoms with Crippen molar-refractivity contribution >= 4 is 5.91 Å². The molecule has 1 fully saturated rings. The lowest BCUT2D eigenvalue weighted by atomic mass is 9.84. The van der Waals surface area contributed by atoms with Crippen LogP contribution in [-0.4, -0.2) is 18.5 Å². The lowest BCUT2D eigenvalue weighted by Gasteiger charge is -2.27. The van der Waals surface area contributed by atoms with Gasteiger partial charge in [0.2, 0.25) is 5.91 Å². The molecule has 1 amide bonds. The van der Waals surface area contributed by atoms with Gasteiger partial charge in [0.05, 0.1) is 5.92 Å². The van der Waals surface area contributed by atoms with Gasteiger partial charge in [0.1, 0.15) is 0 Å². The van der Waals surface area contributed by atoms with Gasteiger partial charge >= 0.3 is 0 Å². The molecule has 0 aromatic carbocycles. The van der Waals surface area contributed by atoms with Crippen LogP contribution < -0.4 is 11.1 Å². The Bertz CT molecular complexity index is 244. The monoisotopic (exact) mass is 210 g/mol. The van der Waals surface area contributed by atoms with Crippen LogP contribution in [0.1, 0.15) is 39.5 Å². The van der Waals surface area contributed by atoms with Crippen LogP contribution in [0.5, 0.6) is 0 Å². The van der Waals surface area contributed by atoms with Crippen molar-refractivity contribution in [3.8, 4) is 0 Å². The lowest BCUT2D eigenvalue weighted by Crippen LogP contribution is -2.43. The minimum atomic E-state index is 0.0318. The van der Waals surface area contributed by atoms with Crippen LogP contribution in [0.2, 0.25) is 0 Å². The molecule has 2 unspecified atom stereocenters. The first-order chi connectivity index (χ1) is 7.11. The van der Waals surface area contributed by atoms with E-state index >= 15 is 0 Å². The third-order valence-corrected chi connectivity index (χ3v) is 2.94. The maximum Gasteiger partial charge on any atom is 0.224 e. The molecule has 1 saturated carbocycles. The average Bonchev–Trinajstić information content (AvgIpc) is 2.17. The van der Waals surface area contributed by atoms with Crippen molar-refractivity contribution in [3.05, 3.63) is 11.6 Å². The molecule has 3 nitrogen and oxygen atoms in total. The topological polar surface area (TPSA) is 55.1 Å². The van der Waals surface area contributed by atoms with E-state index in [9.17, 15) is 4.79 Å². The third kappa shape index (κ3) is 4.04. The molecule has 86 valence electrons. The van der Waals surface area contributed by atoms with Crippen molar-refractivity contribution < 1.29 is 4.79 Å². The Balaban J connectivity index is 2.35. The van der Waals surface area contributed by atoms with Gasteiger partial charge in [0.15, 0.2) is 0 Å². The minimum Gasteiger partial charge on any atom is -0.352 e. The summed E-state index contributed by atoms with van der Waals surface area (Å²) in [5.41, 5.74) is 7.16. The molecule has 0 saturated heterocycles. The molecule has 1 aliphatic rings. The van der Waals surface area contributed by atoms with Crippen molar-refractivity contribution in [2.24, 2.45) is 11.7 Å². The lowest BCUT2D eigenvalue weighted by molar-refractivity contribution is -0.126. The average molecular weight is 210 g/mol. The van der Waals surface area contributed by atoms with Gasteiger partial charge in [0, 0.05) is 12.6 Å². The van der Waals surface area contributed by atoms with Gasteiger partial charge in [-0.15, -0.1) is 0 Å². The van der Waals surface area contributed by atoms with Crippen molar-refractivity contribution in [3.63, 3.8) is 0 Å². The van der Waals surface area contributed by atoms with E-state index in [0.717, 1.165) is 19.3 Å². The van der Waals surface area contributed by atoms with Crippen molar-refractivity contribution in [1.82, 2.24) is 5.32 Å². The molecule has 1 rings (SSSR count). The summed E-state index contributed by atoms with van der Waals surface area (Å²) in [6, 6.07) is 0.0606. The number of carbonyl (C=O) groups is 1. The van der Waals surface area contributed by atoms with Crippen LogP contribution >= 0.6 is 0 Å². The molecule has 0 aromatic rings. The summed E-state index contributed by atoms with van der Waals surface area (Å²) in [5.74, 6) is 0.156. The molecule has 0 radical (unpaired) electrons. The van der Waals surface area contributed by atoms with Gasteiger partial charge in [0.25, 0.3) is 0 Å². The number of hydrogen-bond donors (Lipinski definition) is 2. The van der Waals surface area contributed by atoms with E-state index in [0.29, 0.717) is 6.54 Å². The van der Waals surface area contributed by atoms with Crippen LogP contribution in [0.4, 0.5) is 0 Å². The number of nitrogens with one attached hydrogen (secondary N) is 1. The van der Waals surface area contributed by atoms with E-state index in [4.69, 9.17) is 5.73 Å². The number of carbonyl (C=O) groups excluding carboxylic acids is 1. The molecule has 3 N–H and O–H groups in total. The third-order valence-electron chi connectivity index (χ3n) is 2.94. The first kappa shape index (κ1) is 12.2. The number of nitrogens with two attached hydrogens (primary N) is 1. The van der Waals surface area contributed by atoms with Crippen LogP contribution in [0.15, 0.2) is 11.6 Å². The summed E-state index contributed by atoms with van der Waals surface area (Å²) in [4.78, 5) is 11.8. The molecular formula is C12H22N2O. The van der Waals surface area contributed by atoms with Crippen molar-refractivity contribution in [2.75, 3.05) is 6.54 Å². The van der Waals surface area contributed by atoms with Gasteiger partial charge < -0.3 is 11.1 Å². The molecule has 2 atom stereocenters. The Kier molecular flexibility index (Phi) is 4.82. The Hall–Kier alpha value is -0.830. The van der Waals surface area contributed by atoms with E-state index in [1.807, 2.05) is 19.9 Å². The summed E-state index contributed by atoms with van der Waals surface area (Å²) in [6.07, 6.45) is 6.25. The van der Waals surface area contributed by atoms with E-state index in [1.54, 1.807) is 0 Å². The highest BCUT2D eigenvalue weighted by molar-refractivity contribution is 5.79. The number of hydrogen-bond acceptors (Lipinski definition) is 2. The quantitative estimate of drug-likeness (QED) is 0.695. The molecule has 0 spiro atoms. The van der Waals surface area contributed by atoms with Crippen LogP contribution in [-0.2, 0) is 4.79 Å². The number of allylic oxidation sites excluding steroid dienone is 1. The second-order valence-electron chi connectivity index (χ2n) is 4.58. The van der Waals surface area contributed by atoms with E-state index in [1.165, 1.54) is 12.0 Å². The molecule has 0 heterocycles. The highest BCUT2D eigenvalue weighted by Crippen LogP contribution is 2.22. The molecular weight excluding hydrogens is 188 g/mol. The van der Waals surface area contributed by atoms with Crippen LogP contribution in [0, 0.1) is 5.92 Å². The fourth-order valence-electron chi connectivity index (χ4n) is 1.97. The zero-order valence-corrected chi connectivity index (χ0v) is 9.75. The smallest absolute Gasteiger partial charge is 0.224 e. The van der Waals surface area contributed by atoms with Crippen molar-refractivity contribution in [2.45, 2.75) is 45.6 Å². The Morgan fingerprint density at radius 1 is 1.40 bits per heavy atom. The zero-order chi connectivity index (χ0) is 11.3. The maximum absolute atomic E-state index is 11.8. The van der Waals surface area contributed by atoms with E-state index < -0.39 is 0 Å². The summed E-state index contributed by atoms with van der Waals surface area (Å²) >= 11 is 0. The Morgan fingerprint density at radius 3 is 2.67 bits per heavy atom. The number of amides is 1. The Labute approximate surface area is 92.1 Å². The maximum atomic E-state index is 11.8. The van der Waals surface area contributed by atoms with Crippen molar-refractivity contribution in [1.29, 1.82) is 0 Å². The molecule has 15 heavy (non-hydrogen) atoms. The molecule has 0 aliphatic heterocycles. The molecule has 1 aliphatic carbocycles. The summed E-state index contributed by atoms with van der Waals surface area (Å²) in [7, 11) is 0. The predicted octanol–water partition coefficient (Wildman–Crippen LogP) is 1.59. The van der Waals surface area contributed by atoms with E-state index in [2.05, 4.69) is 5.32 Å². The van der Waals surface area contributed by atoms with Crippen LogP contribution in [0.3, 0.4) is 0 Å².